The highest BCUT2D eigenvalue weighted by Crippen LogP contribution is 2.10. The van der Waals surface area contributed by atoms with Gasteiger partial charge >= 0.3 is 0 Å². The predicted octanol–water partition coefficient (Wildman–Crippen LogP) is 1.31. The molecule has 1 saturated heterocycles. The minimum absolute atomic E-state index is 0.115. The second-order valence-corrected chi connectivity index (χ2v) is 7.01. The van der Waals surface area contributed by atoms with E-state index in [2.05, 4.69) is 10.0 Å². The second-order valence-electron chi connectivity index (χ2n) is 4.38. The average molecular weight is 274 g/mol. The molecule has 0 spiro atoms. The Morgan fingerprint density at radius 3 is 3.00 bits per heavy atom. The number of thiophene rings is 1. The van der Waals surface area contributed by atoms with Crippen molar-refractivity contribution in [2.24, 2.45) is 0 Å². The van der Waals surface area contributed by atoms with Crippen molar-refractivity contribution in [3.63, 3.8) is 0 Å². The van der Waals surface area contributed by atoms with E-state index in [9.17, 15) is 8.42 Å². The quantitative estimate of drug-likeness (QED) is 0.851. The third-order valence-corrected chi connectivity index (χ3v) is 5.07. The Hall–Kier alpha value is -0.430. The maximum atomic E-state index is 11.8. The van der Waals surface area contributed by atoms with Crippen LogP contribution in [0.1, 0.15) is 24.8 Å². The summed E-state index contributed by atoms with van der Waals surface area (Å²) in [5, 5.41) is 7.16. The lowest BCUT2D eigenvalue weighted by Crippen LogP contribution is -2.42. The summed E-state index contributed by atoms with van der Waals surface area (Å²) in [7, 11) is -3.17. The van der Waals surface area contributed by atoms with Gasteiger partial charge in [-0.3, -0.25) is 0 Å². The largest absolute Gasteiger partial charge is 0.313 e. The van der Waals surface area contributed by atoms with Crippen LogP contribution in [0, 0.1) is 0 Å². The Kier molecular flexibility index (Phi) is 4.55. The van der Waals surface area contributed by atoms with Crippen molar-refractivity contribution in [1.82, 2.24) is 10.0 Å². The van der Waals surface area contributed by atoms with Gasteiger partial charge in [0.05, 0.1) is 5.75 Å². The van der Waals surface area contributed by atoms with Crippen LogP contribution >= 0.6 is 11.3 Å². The number of hydrogen-bond donors (Lipinski definition) is 2. The highest BCUT2D eigenvalue weighted by molar-refractivity contribution is 7.89. The fraction of sp³-hybridized carbons (Fsp3) is 0.636. The molecule has 17 heavy (non-hydrogen) atoms. The minimum atomic E-state index is -3.17. The van der Waals surface area contributed by atoms with Crippen LogP contribution in [0.4, 0.5) is 0 Å². The molecule has 1 aliphatic rings. The minimum Gasteiger partial charge on any atom is -0.313 e. The second kappa shape index (κ2) is 5.95. The first-order valence-corrected chi connectivity index (χ1v) is 8.47. The molecule has 96 valence electrons. The number of piperidine rings is 1. The summed E-state index contributed by atoms with van der Waals surface area (Å²) in [6.45, 7) is 1.34. The van der Waals surface area contributed by atoms with Gasteiger partial charge in [0.15, 0.2) is 0 Å². The van der Waals surface area contributed by atoms with E-state index in [1.165, 1.54) is 0 Å². The molecule has 0 radical (unpaired) electrons. The molecule has 0 amide bonds. The van der Waals surface area contributed by atoms with Crippen molar-refractivity contribution in [3.05, 3.63) is 22.4 Å². The Bertz CT molecular complexity index is 422. The third-order valence-electron chi connectivity index (χ3n) is 2.91. The molecule has 0 saturated carbocycles. The lowest BCUT2D eigenvalue weighted by molar-refractivity contribution is 0.422. The molecular weight excluding hydrogens is 256 g/mol. The van der Waals surface area contributed by atoms with Gasteiger partial charge in [-0.1, -0.05) is 6.42 Å². The van der Waals surface area contributed by atoms with Gasteiger partial charge in [-0.15, -0.1) is 0 Å². The van der Waals surface area contributed by atoms with E-state index >= 15 is 0 Å². The summed E-state index contributed by atoms with van der Waals surface area (Å²) in [4.78, 5) is 0. The summed E-state index contributed by atoms with van der Waals surface area (Å²) >= 11 is 1.58. The van der Waals surface area contributed by atoms with Crippen molar-refractivity contribution in [2.75, 3.05) is 12.3 Å². The molecule has 6 heteroatoms. The average Bonchev–Trinajstić information content (AvgIpc) is 2.80. The summed E-state index contributed by atoms with van der Waals surface area (Å²) < 4.78 is 26.3. The van der Waals surface area contributed by atoms with Gasteiger partial charge in [0.2, 0.25) is 10.0 Å². The van der Waals surface area contributed by atoms with Gasteiger partial charge in [0, 0.05) is 12.6 Å². The van der Waals surface area contributed by atoms with Crippen LogP contribution in [0.3, 0.4) is 0 Å². The maximum absolute atomic E-state index is 11.8. The summed E-state index contributed by atoms with van der Waals surface area (Å²) in [5.74, 6) is 0.192. The van der Waals surface area contributed by atoms with Crippen LogP contribution in [0.15, 0.2) is 16.8 Å². The monoisotopic (exact) mass is 274 g/mol. The van der Waals surface area contributed by atoms with Gasteiger partial charge in [0.25, 0.3) is 0 Å². The first kappa shape index (κ1) is 13.0. The Balaban J connectivity index is 1.81. The molecule has 1 atom stereocenters. The normalized spacial score (nSPS) is 21.5. The number of rotatable bonds is 5. The van der Waals surface area contributed by atoms with Crippen molar-refractivity contribution in [2.45, 2.75) is 31.8 Å². The van der Waals surface area contributed by atoms with Gasteiger partial charge < -0.3 is 5.32 Å². The lowest BCUT2D eigenvalue weighted by Gasteiger charge is -2.23. The molecule has 0 aliphatic carbocycles. The van der Waals surface area contributed by atoms with Crippen molar-refractivity contribution in [1.29, 1.82) is 0 Å². The SMILES string of the molecule is O=S(=O)(CC1CCCCN1)NCc1ccsc1. The standard InChI is InChI=1S/C11H18N2O2S2/c14-17(15,9-11-3-1-2-5-12-11)13-7-10-4-6-16-8-10/h4,6,8,11-13H,1-3,5,7,9H2. The Labute approximate surface area is 106 Å². The molecule has 1 unspecified atom stereocenters. The van der Waals surface area contributed by atoms with Crippen LogP contribution in [-0.2, 0) is 16.6 Å². The van der Waals surface area contributed by atoms with E-state index in [4.69, 9.17) is 0 Å². The molecule has 4 nitrogen and oxygen atoms in total. The number of sulfonamides is 1. The first-order chi connectivity index (χ1) is 8.16. The van der Waals surface area contributed by atoms with Crippen LogP contribution in [0.5, 0.6) is 0 Å². The van der Waals surface area contributed by atoms with E-state index in [1.54, 1.807) is 11.3 Å². The molecule has 2 N–H and O–H groups in total. The first-order valence-electron chi connectivity index (χ1n) is 5.87. The van der Waals surface area contributed by atoms with Gasteiger partial charge in [-0.25, -0.2) is 13.1 Å². The smallest absolute Gasteiger partial charge is 0.213 e. The molecule has 0 bridgehead atoms. The Morgan fingerprint density at radius 1 is 1.47 bits per heavy atom. The van der Waals surface area contributed by atoms with E-state index in [1.807, 2.05) is 16.8 Å². The van der Waals surface area contributed by atoms with Crippen molar-refractivity contribution < 1.29 is 8.42 Å². The number of hydrogen-bond acceptors (Lipinski definition) is 4. The fourth-order valence-corrected chi connectivity index (χ4v) is 3.96. The molecule has 1 fully saturated rings. The molecular formula is C11H18N2O2S2. The zero-order valence-corrected chi connectivity index (χ0v) is 11.3. The van der Waals surface area contributed by atoms with E-state index in [-0.39, 0.29) is 11.8 Å². The van der Waals surface area contributed by atoms with Crippen LogP contribution in [-0.4, -0.2) is 26.8 Å². The van der Waals surface area contributed by atoms with E-state index in [0.717, 1.165) is 31.4 Å². The van der Waals surface area contributed by atoms with Crippen LogP contribution in [0.2, 0.25) is 0 Å². The highest BCUT2D eigenvalue weighted by atomic mass is 32.2. The molecule has 2 rings (SSSR count). The van der Waals surface area contributed by atoms with Gasteiger partial charge in [0.1, 0.15) is 0 Å². The van der Waals surface area contributed by atoms with Crippen molar-refractivity contribution >= 4 is 21.4 Å². The fourth-order valence-electron chi connectivity index (χ4n) is 1.98. The third kappa shape index (κ3) is 4.39. The summed E-state index contributed by atoms with van der Waals surface area (Å²) in [6, 6.07) is 2.05. The van der Waals surface area contributed by atoms with Crippen molar-refractivity contribution in [3.8, 4) is 0 Å². The molecule has 2 heterocycles. The number of nitrogens with one attached hydrogen (secondary N) is 2. The maximum Gasteiger partial charge on any atom is 0.213 e. The summed E-state index contributed by atoms with van der Waals surface area (Å²) in [6.07, 6.45) is 3.23. The lowest BCUT2D eigenvalue weighted by atomic mass is 10.1. The zero-order chi connectivity index (χ0) is 12.1. The molecule has 0 aromatic carbocycles. The van der Waals surface area contributed by atoms with Crippen LogP contribution < -0.4 is 10.0 Å². The molecule has 1 aromatic heterocycles. The predicted molar refractivity (Wildman–Crippen MR) is 70.6 cm³/mol. The Morgan fingerprint density at radius 2 is 2.35 bits per heavy atom. The van der Waals surface area contributed by atoms with E-state index in [0.29, 0.717) is 6.54 Å². The van der Waals surface area contributed by atoms with E-state index < -0.39 is 10.0 Å². The topological polar surface area (TPSA) is 58.2 Å². The molecule has 1 aromatic rings. The summed E-state index contributed by atoms with van der Waals surface area (Å²) in [5.41, 5.74) is 1.02. The molecule has 1 aliphatic heterocycles. The van der Waals surface area contributed by atoms with Gasteiger partial charge in [-0.2, -0.15) is 11.3 Å². The highest BCUT2D eigenvalue weighted by Gasteiger charge is 2.20. The van der Waals surface area contributed by atoms with Gasteiger partial charge in [-0.05, 0) is 41.8 Å². The van der Waals surface area contributed by atoms with Crippen LogP contribution in [0.25, 0.3) is 0 Å². The zero-order valence-electron chi connectivity index (χ0n) is 9.69.